The Labute approximate surface area is 146 Å². The number of rotatable bonds is 2. The number of halogens is 2. The molecule has 116 valence electrons. The van der Waals surface area contributed by atoms with E-state index in [0.29, 0.717) is 16.4 Å². The number of H-pyrrole nitrogens is 1. The normalized spacial score (nSPS) is 10.2. The molecule has 22 heavy (non-hydrogen) atoms. The first-order valence-corrected chi connectivity index (χ1v) is 7.92. The van der Waals surface area contributed by atoms with Crippen molar-refractivity contribution in [1.29, 1.82) is 0 Å². The summed E-state index contributed by atoms with van der Waals surface area (Å²) in [7, 11) is 0. The molecule has 4 N–H and O–H groups in total. The van der Waals surface area contributed by atoms with Crippen LogP contribution in [0, 0.1) is 13.8 Å². The van der Waals surface area contributed by atoms with Gasteiger partial charge < -0.3 is 10.3 Å². The van der Waals surface area contributed by atoms with E-state index in [-0.39, 0.29) is 11.0 Å². The van der Waals surface area contributed by atoms with E-state index in [1.54, 1.807) is 12.3 Å². The number of nitrogens with one attached hydrogen (secondary N) is 4. The van der Waals surface area contributed by atoms with Crippen LogP contribution in [0.15, 0.2) is 28.9 Å². The van der Waals surface area contributed by atoms with E-state index in [2.05, 4.69) is 37.1 Å². The zero-order chi connectivity index (χ0) is 16.3. The lowest BCUT2D eigenvalue weighted by molar-refractivity contribution is 0.0940. The number of benzene rings is 1. The number of amides is 1. The van der Waals surface area contributed by atoms with Crippen LogP contribution >= 0.6 is 39.7 Å². The highest BCUT2D eigenvalue weighted by molar-refractivity contribution is 9.10. The lowest BCUT2D eigenvalue weighted by Gasteiger charge is -2.15. The number of carbonyl (C=O) groups excluding carboxylic acids is 1. The summed E-state index contributed by atoms with van der Waals surface area (Å²) in [6, 6.07) is 5.49. The van der Waals surface area contributed by atoms with Gasteiger partial charge >= 0.3 is 0 Å². The quantitative estimate of drug-likeness (QED) is 0.458. The van der Waals surface area contributed by atoms with Gasteiger partial charge in [-0.25, -0.2) is 0 Å². The molecule has 1 aromatic carbocycles. The molecule has 1 heterocycles. The third-order valence-electron chi connectivity index (χ3n) is 2.85. The minimum atomic E-state index is -0.332. The molecule has 8 heteroatoms. The highest BCUT2D eigenvalue weighted by Crippen LogP contribution is 2.27. The molecule has 5 nitrogen and oxygen atoms in total. The molecule has 0 bridgehead atoms. The highest BCUT2D eigenvalue weighted by Gasteiger charge is 2.10. The molecule has 0 fully saturated rings. The van der Waals surface area contributed by atoms with E-state index in [1.165, 1.54) is 0 Å². The molecule has 0 saturated carbocycles. The molecule has 0 radical (unpaired) electrons. The van der Waals surface area contributed by atoms with Gasteiger partial charge in [0, 0.05) is 10.7 Å². The first kappa shape index (κ1) is 16.8. The van der Waals surface area contributed by atoms with Gasteiger partial charge in [0.05, 0.1) is 10.7 Å². The van der Waals surface area contributed by atoms with Crippen LogP contribution in [0.3, 0.4) is 0 Å². The van der Waals surface area contributed by atoms with Crippen molar-refractivity contribution in [2.24, 2.45) is 0 Å². The van der Waals surface area contributed by atoms with Crippen LogP contribution in [0.2, 0.25) is 5.02 Å². The van der Waals surface area contributed by atoms with Crippen LogP contribution < -0.4 is 16.2 Å². The zero-order valence-electron chi connectivity index (χ0n) is 11.9. The van der Waals surface area contributed by atoms with Crippen molar-refractivity contribution < 1.29 is 4.79 Å². The summed E-state index contributed by atoms with van der Waals surface area (Å²) in [5.74, 6) is -0.332. The van der Waals surface area contributed by atoms with Crippen molar-refractivity contribution in [3.8, 4) is 0 Å². The molecule has 0 atom stereocenters. The largest absolute Gasteiger partial charge is 0.356 e. The summed E-state index contributed by atoms with van der Waals surface area (Å²) in [6.07, 6.45) is 1.67. The number of hydrogen-bond acceptors (Lipinski definition) is 2. The average molecular weight is 402 g/mol. The van der Waals surface area contributed by atoms with Gasteiger partial charge in [-0.1, -0.05) is 17.7 Å². The van der Waals surface area contributed by atoms with Crippen LogP contribution in [0.4, 0.5) is 5.69 Å². The first-order valence-electron chi connectivity index (χ1n) is 6.35. The van der Waals surface area contributed by atoms with Crippen molar-refractivity contribution in [3.63, 3.8) is 0 Å². The molecule has 0 saturated heterocycles. The molecular formula is C14H14BrClN4OS. The molecule has 0 aliphatic rings. The number of aromatic nitrogens is 1. The van der Waals surface area contributed by atoms with E-state index in [0.717, 1.165) is 15.6 Å². The third-order valence-corrected chi connectivity index (χ3v) is 3.81. The molecule has 2 rings (SSSR count). The molecule has 1 aromatic heterocycles. The Morgan fingerprint density at radius 2 is 2.00 bits per heavy atom. The van der Waals surface area contributed by atoms with Gasteiger partial charge in [0.1, 0.15) is 5.69 Å². The standard InChI is InChI=1S/C14H14BrClN4OS/c1-7-3-8(2)12(10(16)4-7)18-14(22)20-19-13(21)11-5-9(15)6-17-11/h3-6,17H,1-2H3,(H,19,21)(H2,18,20,22). The van der Waals surface area contributed by atoms with Crippen molar-refractivity contribution in [2.45, 2.75) is 13.8 Å². The fraction of sp³-hybridized carbons (Fsp3) is 0.143. The van der Waals surface area contributed by atoms with Crippen molar-refractivity contribution in [2.75, 3.05) is 5.32 Å². The van der Waals surface area contributed by atoms with Crippen molar-refractivity contribution >= 4 is 56.5 Å². The maximum atomic E-state index is 11.9. The van der Waals surface area contributed by atoms with Crippen LogP contribution in [-0.2, 0) is 0 Å². The third kappa shape index (κ3) is 4.22. The minimum Gasteiger partial charge on any atom is -0.356 e. The minimum absolute atomic E-state index is 0.243. The number of hydrazine groups is 1. The lowest BCUT2D eigenvalue weighted by Crippen LogP contribution is -2.44. The van der Waals surface area contributed by atoms with Gasteiger partial charge in [0.25, 0.3) is 5.91 Å². The maximum Gasteiger partial charge on any atom is 0.286 e. The second kappa shape index (κ2) is 7.13. The second-order valence-corrected chi connectivity index (χ2v) is 6.43. The summed E-state index contributed by atoms with van der Waals surface area (Å²) in [5, 5.41) is 3.79. The number of aromatic amines is 1. The van der Waals surface area contributed by atoms with Crippen LogP contribution in [0.5, 0.6) is 0 Å². The lowest BCUT2D eigenvalue weighted by atomic mass is 10.1. The summed E-state index contributed by atoms with van der Waals surface area (Å²) in [6.45, 7) is 3.90. The van der Waals surface area contributed by atoms with E-state index >= 15 is 0 Å². The number of anilines is 1. The van der Waals surface area contributed by atoms with Gasteiger partial charge in [-0.15, -0.1) is 0 Å². The van der Waals surface area contributed by atoms with Gasteiger partial charge in [-0.3, -0.25) is 15.6 Å². The zero-order valence-corrected chi connectivity index (χ0v) is 15.0. The van der Waals surface area contributed by atoms with Gasteiger partial charge in [0.2, 0.25) is 0 Å². The Morgan fingerprint density at radius 1 is 1.27 bits per heavy atom. The van der Waals surface area contributed by atoms with Gasteiger partial charge in [-0.05, 0) is 65.3 Å². The molecule has 0 unspecified atom stereocenters. The smallest absolute Gasteiger partial charge is 0.286 e. The van der Waals surface area contributed by atoms with Crippen LogP contribution in [0.1, 0.15) is 21.6 Å². The molecule has 0 aliphatic carbocycles. The van der Waals surface area contributed by atoms with E-state index in [1.807, 2.05) is 26.0 Å². The first-order chi connectivity index (χ1) is 10.4. The predicted molar refractivity (Wildman–Crippen MR) is 96.2 cm³/mol. The Hall–Kier alpha value is -1.57. The predicted octanol–water partition coefficient (Wildman–Crippen LogP) is 3.68. The number of carbonyl (C=O) groups is 1. The second-order valence-electron chi connectivity index (χ2n) is 4.70. The maximum absolute atomic E-state index is 11.9. The molecular weight excluding hydrogens is 388 g/mol. The topological polar surface area (TPSA) is 68.9 Å². The fourth-order valence-corrected chi connectivity index (χ4v) is 2.76. The molecule has 2 aromatic rings. The Kier molecular flexibility index (Phi) is 5.44. The van der Waals surface area contributed by atoms with Crippen LogP contribution in [0.25, 0.3) is 0 Å². The summed E-state index contributed by atoms with van der Waals surface area (Å²) in [5.41, 5.74) is 8.28. The number of hydrogen-bond donors (Lipinski definition) is 4. The van der Waals surface area contributed by atoms with E-state index in [9.17, 15) is 4.79 Å². The summed E-state index contributed by atoms with van der Waals surface area (Å²) in [4.78, 5) is 14.7. The fourth-order valence-electron chi connectivity index (χ4n) is 1.90. The van der Waals surface area contributed by atoms with Gasteiger partial charge in [0.15, 0.2) is 5.11 Å². The SMILES string of the molecule is Cc1cc(C)c(NC(=S)NNC(=O)c2cc(Br)c[nH]2)c(Cl)c1. The van der Waals surface area contributed by atoms with Crippen LogP contribution in [-0.4, -0.2) is 16.0 Å². The summed E-state index contributed by atoms with van der Waals surface area (Å²) < 4.78 is 0.792. The Bertz CT molecular complexity index is 708. The molecule has 1 amide bonds. The highest BCUT2D eigenvalue weighted by atomic mass is 79.9. The summed E-state index contributed by atoms with van der Waals surface area (Å²) >= 11 is 14.6. The van der Waals surface area contributed by atoms with Crippen molar-refractivity contribution in [1.82, 2.24) is 15.8 Å². The Balaban J connectivity index is 1.95. The molecule has 0 spiro atoms. The number of aryl methyl sites for hydroxylation is 2. The Morgan fingerprint density at radius 3 is 2.59 bits per heavy atom. The number of thiocarbonyl (C=S) groups is 1. The van der Waals surface area contributed by atoms with E-state index < -0.39 is 0 Å². The molecule has 0 aliphatic heterocycles. The monoisotopic (exact) mass is 400 g/mol. The average Bonchev–Trinajstić information content (AvgIpc) is 2.87. The van der Waals surface area contributed by atoms with Crippen molar-refractivity contribution in [3.05, 3.63) is 50.7 Å². The van der Waals surface area contributed by atoms with E-state index in [4.69, 9.17) is 23.8 Å². The van der Waals surface area contributed by atoms with Gasteiger partial charge in [-0.2, -0.15) is 0 Å².